The molecule has 6 heteroatoms. The molecule has 1 aliphatic heterocycles. The molecule has 1 aliphatic carbocycles. The lowest BCUT2D eigenvalue weighted by molar-refractivity contribution is 0.329. The summed E-state index contributed by atoms with van der Waals surface area (Å²) in [5.74, 6) is 0. The van der Waals surface area contributed by atoms with Gasteiger partial charge in [0.2, 0.25) is 10.0 Å². The van der Waals surface area contributed by atoms with Gasteiger partial charge < -0.3 is 5.32 Å². The van der Waals surface area contributed by atoms with Gasteiger partial charge in [0.25, 0.3) is 0 Å². The van der Waals surface area contributed by atoms with Crippen LogP contribution in [0.5, 0.6) is 0 Å². The van der Waals surface area contributed by atoms with Crippen LogP contribution < -0.4 is 5.32 Å². The quantitative estimate of drug-likeness (QED) is 0.891. The topological polar surface area (TPSA) is 62.3 Å². The van der Waals surface area contributed by atoms with E-state index in [1.54, 1.807) is 4.31 Å². The van der Waals surface area contributed by atoms with Gasteiger partial charge in [-0.15, -0.1) is 0 Å². The maximum atomic E-state index is 12.4. The summed E-state index contributed by atoms with van der Waals surface area (Å²) in [5.41, 5.74) is 3.21. The van der Waals surface area contributed by atoms with Crippen molar-refractivity contribution in [3.05, 3.63) is 36.0 Å². The maximum Gasteiger partial charge on any atom is 0.216 e. The number of rotatable bonds is 5. The molecule has 25 heavy (non-hydrogen) atoms. The lowest BCUT2D eigenvalue weighted by Gasteiger charge is -2.32. The van der Waals surface area contributed by atoms with E-state index in [2.05, 4.69) is 24.4 Å². The molecule has 2 aliphatic rings. The van der Waals surface area contributed by atoms with Crippen molar-refractivity contribution in [3.8, 4) is 0 Å². The third-order valence-corrected chi connectivity index (χ3v) is 7.65. The Kier molecular flexibility index (Phi) is 4.41. The number of benzene rings is 1. The van der Waals surface area contributed by atoms with E-state index in [9.17, 15) is 8.42 Å². The second-order valence-corrected chi connectivity index (χ2v) is 9.31. The van der Waals surface area contributed by atoms with Gasteiger partial charge in [-0.2, -0.15) is 0 Å². The van der Waals surface area contributed by atoms with Crippen LogP contribution in [0.15, 0.2) is 30.3 Å². The molecule has 1 aromatic heterocycles. The summed E-state index contributed by atoms with van der Waals surface area (Å²) in [6.45, 7) is 3.36. The zero-order valence-corrected chi connectivity index (χ0v) is 15.4. The van der Waals surface area contributed by atoms with Crippen LogP contribution in [0.3, 0.4) is 0 Å². The largest absolute Gasteiger partial charge is 0.382 e. The molecule has 0 bridgehead atoms. The lowest BCUT2D eigenvalue weighted by atomic mass is 10.0. The highest BCUT2D eigenvalue weighted by Crippen LogP contribution is 2.33. The van der Waals surface area contributed by atoms with Crippen molar-refractivity contribution >= 4 is 26.6 Å². The number of nitrogens with zero attached hydrogens (tertiary/aromatic N) is 2. The van der Waals surface area contributed by atoms with Gasteiger partial charge in [-0.25, -0.2) is 12.7 Å². The first-order chi connectivity index (χ1) is 12.1. The second kappa shape index (κ2) is 6.57. The van der Waals surface area contributed by atoms with E-state index in [0.717, 1.165) is 54.4 Å². The molecule has 0 unspecified atom stereocenters. The molecule has 2 fully saturated rings. The van der Waals surface area contributed by atoms with Gasteiger partial charge >= 0.3 is 0 Å². The van der Waals surface area contributed by atoms with Crippen molar-refractivity contribution < 1.29 is 8.42 Å². The third kappa shape index (κ3) is 3.37. The van der Waals surface area contributed by atoms with Gasteiger partial charge in [0, 0.05) is 35.9 Å². The number of aromatic nitrogens is 1. The number of hydrogen-bond acceptors (Lipinski definition) is 4. The summed E-state index contributed by atoms with van der Waals surface area (Å²) in [5, 5.41) is 4.68. The number of aryl methyl sites for hydroxylation is 1. The minimum Gasteiger partial charge on any atom is -0.382 e. The Morgan fingerprint density at radius 2 is 1.88 bits per heavy atom. The number of sulfonamides is 1. The van der Waals surface area contributed by atoms with E-state index >= 15 is 0 Å². The predicted octanol–water partition coefficient (Wildman–Crippen LogP) is 3.17. The first-order valence-corrected chi connectivity index (χ1v) is 10.7. The minimum absolute atomic E-state index is 0.103. The molecule has 2 aromatic rings. The molecule has 4 rings (SSSR count). The van der Waals surface area contributed by atoms with E-state index in [1.807, 2.05) is 18.2 Å². The van der Waals surface area contributed by atoms with Crippen LogP contribution in [-0.4, -0.2) is 42.1 Å². The predicted molar refractivity (Wildman–Crippen MR) is 101 cm³/mol. The van der Waals surface area contributed by atoms with E-state index in [0.29, 0.717) is 19.1 Å². The van der Waals surface area contributed by atoms with Crippen LogP contribution in [0.25, 0.3) is 10.9 Å². The molecule has 2 heterocycles. The fourth-order valence-corrected chi connectivity index (χ4v) is 5.46. The van der Waals surface area contributed by atoms with Crippen LogP contribution in [0.1, 0.15) is 38.3 Å². The molecule has 0 atom stereocenters. The number of hydrogen-bond donors (Lipinski definition) is 1. The smallest absolute Gasteiger partial charge is 0.216 e. The zero-order chi connectivity index (χ0) is 17.4. The summed E-state index contributed by atoms with van der Waals surface area (Å²) in [6.07, 6.45) is 4.28. The van der Waals surface area contributed by atoms with E-state index < -0.39 is 10.0 Å². The molecule has 1 saturated carbocycles. The molecule has 1 aromatic carbocycles. The van der Waals surface area contributed by atoms with Crippen molar-refractivity contribution in [1.29, 1.82) is 0 Å². The first-order valence-electron chi connectivity index (χ1n) is 9.22. The average molecular weight is 359 g/mol. The van der Waals surface area contributed by atoms with Crippen LogP contribution in [0.4, 0.5) is 5.69 Å². The van der Waals surface area contributed by atoms with Gasteiger partial charge in [-0.05, 0) is 44.2 Å². The highest BCUT2D eigenvalue weighted by atomic mass is 32.2. The van der Waals surface area contributed by atoms with Gasteiger partial charge in [-0.1, -0.05) is 25.1 Å². The standard InChI is InChI=1S/C19H25N3O2S/c1-2-14-13-19(17-5-3-4-6-18(17)20-14)21-15-9-11-22(12-10-15)25(23,24)16-7-8-16/h3-6,13,15-16H,2,7-12H2,1H3,(H,20,21). The summed E-state index contributed by atoms with van der Waals surface area (Å²) in [6, 6.07) is 10.6. The van der Waals surface area contributed by atoms with Crippen LogP contribution in [-0.2, 0) is 16.4 Å². The van der Waals surface area contributed by atoms with E-state index in [1.165, 1.54) is 0 Å². The Labute approximate surface area is 149 Å². The minimum atomic E-state index is -3.03. The first kappa shape index (κ1) is 16.8. The summed E-state index contributed by atoms with van der Waals surface area (Å²) in [7, 11) is -3.03. The normalized spacial score (nSPS) is 20.0. The lowest BCUT2D eigenvalue weighted by Crippen LogP contribution is -2.43. The fourth-order valence-electron chi connectivity index (χ4n) is 3.58. The Morgan fingerprint density at radius 1 is 1.16 bits per heavy atom. The van der Waals surface area contributed by atoms with Crippen molar-refractivity contribution in [2.75, 3.05) is 18.4 Å². The summed E-state index contributed by atoms with van der Waals surface area (Å²) >= 11 is 0. The summed E-state index contributed by atoms with van der Waals surface area (Å²) < 4.78 is 26.4. The van der Waals surface area contributed by atoms with Crippen molar-refractivity contribution in [3.63, 3.8) is 0 Å². The number of fused-ring (bicyclic) bond motifs is 1. The van der Waals surface area contributed by atoms with Crippen LogP contribution in [0, 0.1) is 0 Å². The van der Waals surface area contributed by atoms with Gasteiger partial charge in [0.1, 0.15) is 0 Å². The second-order valence-electron chi connectivity index (χ2n) is 7.09. The highest BCUT2D eigenvalue weighted by molar-refractivity contribution is 7.90. The molecule has 134 valence electrons. The number of pyridine rings is 1. The number of piperidine rings is 1. The van der Waals surface area contributed by atoms with Gasteiger partial charge in [0.15, 0.2) is 0 Å². The molecule has 0 spiro atoms. The molecule has 0 radical (unpaired) electrons. The molecule has 1 saturated heterocycles. The highest BCUT2D eigenvalue weighted by Gasteiger charge is 2.41. The summed E-state index contributed by atoms with van der Waals surface area (Å²) in [4.78, 5) is 4.69. The maximum absolute atomic E-state index is 12.4. The average Bonchev–Trinajstić information content (AvgIpc) is 3.48. The third-order valence-electron chi connectivity index (χ3n) is 5.25. The number of nitrogens with one attached hydrogen (secondary N) is 1. The van der Waals surface area contributed by atoms with Crippen molar-refractivity contribution in [2.24, 2.45) is 0 Å². The van der Waals surface area contributed by atoms with E-state index in [-0.39, 0.29) is 5.25 Å². The monoisotopic (exact) mass is 359 g/mol. The Bertz CT molecular complexity index is 869. The Balaban J connectivity index is 1.49. The molecular formula is C19H25N3O2S. The zero-order valence-electron chi connectivity index (χ0n) is 14.6. The van der Waals surface area contributed by atoms with Crippen LogP contribution in [0.2, 0.25) is 0 Å². The number of anilines is 1. The van der Waals surface area contributed by atoms with E-state index in [4.69, 9.17) is 4.98 Å². The Morgan fingerprint density at radius 3 is 2.56 bits per heavy atom. The Hall–Kier alpha value is -1.66. The molecular weight excluding hydrogens is 334 g/mol. The van der Waals surface area contributed by atoms with Gasteiger partial charge in [0.05, 0.1) is 10.8 Å². The van der Waals surface area contributed by atoms with Crippen LogP contribution >= 0.6 is 0 Å². The molecule has 1 N–H and O–H groups in total. The molecule has 5 nitrogen and oxygen atoms in total. The number of para-hydroxylation sites is 1. The fraction of sp³-hybridized carbons (Fsp3) is 0.526. The van der Waals surface area contributed by atoms with Crippen molar-refractivity contribution in [1.82, 2.24) is 9.29 Å². The SMILES string of the molecule is CCc1cc(NC2CCN(S(=O)(=O)C3CC3)CC2)c2ccccc2n1. The molecule has 0 amide bonds. The van der Waals surface area contributed by atoms with Crippen molar-refractivity contribution in [2.45, 2.75) is 50.3 Å². The van der Waals surface area contributed by atoms with Gasteiger partial charge in [-0.3, -0.25) is 4.98 Å².